The van der Waals surface area contributed by atoms with Gasteiger partial charge in [-0.1, -0.05) is 30.3 Å². The van der Waals surface area contributed by atoms with E-state index in [1.54, 1.807) is 6.92 Å². The lowest BCUT2D eigenvalue weighted by molar-refractivity contribution is 0.110. The second-order valence-electron chi connectivity index (χ2n) is 4.08. The first-order valence-corrected chi connectivity index (χ1v) is 5.93. The van der Waals surface area contributed by atoms with Crippen molar-refractivity contribution in [3.63, 3.8) is 0 Å². The first-order chi connectivity index (χ1) is 9.45. The highest BCUT2D eigenvalue weighted by Gasteiger charge is 2.15. The Hall–Kier alpha value is -2.74. The second-order valence-corrected chi connectivity index (χ2v) is 4.08. The van der Waals surface area contributed by atoms with Crippen LogP contribution in [0.25, 0.3) is 0 Å². The summed E-state index contributed by atoms with van der Waals surface area (Å²) in [5, 5.41) is 19.1. The number of alkyl carbamates (subject to hydrolysis) is 1. The molecule has 0 aliphatic heterocycles. The van der Waals surface area contributed by atoms with Crippen molar-refractivity contribution in [3.05, 3.63) is 47.4 Å². The molecule has 20 heavy (non-hydrogen) atoms. The minimum Gasteiger partial charge on any atom is -0.499 e. The number of carbonyl (C=O) groups is 1. The number of nitrogens with one attached hydrogen (secondary N) is 2. The zero-order chi connectivity index (χ0) is 15.1. The van der Waals surface area contributed by atoms with Crippen molar-refractivity contribution in [1.82, 2.24) is 5.32 Å². The molecule has 0 saturated heterocycles. The van der Waals surface area contributed by atoms with Crippen molar-refractivity contribution < 1.29 is 14.6 Å². The first-order valence-electron chi connectivity index (χ1n) is 5.93. The largest absolute Gasteiger partial charge is 0.499 e. The maximum Gasteiger partial charge on any atom is 0.412 e. The highest BCUT2D eigenvalue weighted by molar-refractivity contribution is 5.99. The van der Waals surface area contributed by atoms with E-state index in [0.717, 1.165) is 5.56 Å². The number of benzene rings is 1. The van der Waals surface area contributed by atoms with E-state index >= 15 is 0 Å². The lowest BCUT2D eigenvalue weighted by Gasteiger charge is -2.15. The number of hydrogen-bond acceptors (Lipinski definition) is 4. The quantitative estimate of drug-likeness (QED) is 0.447. The van der Waals surface area contributed by atoms with Gasteiger partial charge in [0.05, 0.1) is 5.71 Å². The summed E-state index contributed by atoms with van der Waals surface area (Å²) >= 11 is 0. The van der Waals surface area contributed by atoms with Crippen LogP contribution < -0.4 is 5.32 Å². The molecule has 5 nitrogen and oxygen atoms in total. The molecule has 0 saturated carbocycles. The Morgan fingerprint density at radius 3 is 2.55 bits per heavy atom. The van der Waals surface area contributed by atoms with E-state index in [2.05, 4.69) is 5.32 Å². The van der Waals surface area contributed by atoms with Crippen molar-refractivity contribution in [2.45, 2.75) is 20.0 Å². The van der Waals surface area contributed by atoms with Crippen molar-refractivity contribution in [1.29, 1.82) is 5.41 Å². The second kappa shape index (κ2) is 7.00. The summed E-state index contributed by atoms with van der Waals surface area (Å²) in [5.74, 6) is 1.45. The standard InChI is InChI=1S/C15H16N2O3/c1-4-13(18)14(10(2)16)17-15(19)20-11(3)12-8-6-5-7-9-12/h1,5-9,11,16,18H,2-3H3,(H,17,19)/b14-13+,16-10?/t11-/m1/s1. The molecule has 0 radical (unpaired) electrons. The molecule has 3 N–H and O–H groups in total. The molecule has 1 aromatic carbocycles. The van der Waals surface area contributed by atoms with Crippen molar-refractivity contribution in [2.24, 2.45) is 0 Å². The summed E-state index contributed by atoms with van der Waals surface area (Å²) in [7, 11) is 0. The fourth-order valence-corrected chi connectivity index (χ4v) is 1.49. The number of terminal acetylenes is 1. The third-order valence-electron chi connectivity index (χ3n) is 2.53. The number of hydrogen-bond donors (Lipinski definition) is 3. The van der Waals surface area contributed by atoms with Crippen LogP contribution in [0.4, 0.5) is 4.79 Å². The maximum atomic E-state index is 11.7. The Labute approximate surface area is 117 Å². The smallest absolute Gasteiger partial charge is 0.412 e. The zero-order valence-electron chi connectivity index (χ0n) is 11.3. The van der Waals surface area contributed by atoms with Gasteiger partial charge in [-0.3, -0.25) is 5.32 Å². The van der Waals surface area contributed by atoms with Gasteiger partial charge < -0.3 is 15.3 Å². The molecule has 0 fully saturated rings. The third-order valence-corrected chi connectivity index (χ3v) is 2.53. The fourth-order valence-electron chi connectivity index (χ4n) is 1.49. The summed E-state index contributed by atoms with van der Waals surface area (Å²) < 4.78 is 5.15. The number of aliphatic hydroxyl groups is 1. The van der Waals surface area contributed by atoms with Gasteiger partial charge in [0.25, 0.3) is 0 Å². The summed E-state index contributed by atoms with van der Waals surface area (Å²) in [6, 6.07) is 9.19. The van der Waals surface area contributed by atoms with E-state index < -0.39 is 18.0 Å². The molecule has 5 heteroatoms. The van der Waals surface area contributed by atoms with Gasteiger partial charge in [-0.15, -0.1) is 6.42 Å². The SMILES string of the molecule is C#C/C(O)=C(\NC(=O)O[C@H](C)c1ccccc1)C(C)=N. The van der Waals surface area contributed by atoms with E-state index in [-0.39, 0.29) is 11.4 Å². The number of allylic oxidation sites excluding steroid dienone is 2. The fraction of sp³-hybridized carbons (Fsp3) is 0.200. The number of rotatable bonds is 4. The Morgan fingerprint density at radius 2 is 2.05 bits per heavy atom. The lowest BCUT2D eigenvalue weighted by atomic mass is 10.1. The van der Waals surface area contributed by atoms with E-state index in [4.69, 9.17) is 16.6 Å². The zero-order valence-corrected chi connectivity index (χ0v) is 11.3. The van der Waals surface area contributed by atoms with Gasteiger partial charge in [-0.2, -0.15) is 0 Å². The summed E-state index contributed by atoms with van der Waals surface area (Å²) in [6.07, 6.45) is 3.78. The number of amides is 1. The van der Waals surface area contributed by atoms with Gasteiger partial charge in [-0.25, -0.2) is 4.79 Å². The Balaban J connectivity index is 2.73. The maximum absolute atomic E-state index is 11.7. The van der Waals surface area contributed by atoms with Gasteiger partial charge in [0.2, 0.25) is 0 Å². The number of aliphatic hydroxyl groups excluding tert-OH is 1. The number of ether oxygens (including phenoxy) is 1. The highest BCUT2D eigenvalue weighted by atomic mass is 16.6. The Kier molecular flexibility index (Phi) is 5.36. The molecular weight excluding hydrogens is 256 g/mol. The Morgan fingerprint density at radius 1 is 1.45 bits per heavy atom. The Bertz CT molecular complexity index is 571. The highest BCUT2D eigenvalue weighted by Crippen LogP contribution is 2.16. The van der Waals surface area contributed by atoms with E-state index in [1.165, 1.54) is 6.92 Å². The minimum atomic E-state index is -0.787. The van der Waals surface area contributed by atoms with Crippen molar-refractivity contribution >= 4 is 11.8 Å². The molecule has 0 aliphatic rings. The predicted octanol–water partition coefficient (Wildman–Crippen LogP) is 2.92. The van der Waals surface area contributed by atoms with Crippen LogP contribution >= 0.6 is 0 Å². The van der Waals surface area contributed by atoms with Gasteiger partial charge in [0, 0.05) is 0 Å². The third kappa shape index (κ3) is 4.18. The first kappa shape index (κ1) is 15.3. The normalized spacial score (nSPS) is 12.7. The summed E-state index contributed by atoms with van der Waals surface area (Å²) in [4.78, 5) is 11.7. The van der Waals surface area contributed by atoms with Crippen LogP contribution in [0.15, 0.2) is 41.8 Å². The van der Waals surface area contributed by atoms with Gasteiger partial charge in [0.15, 0.2) is 5.76 Å². The minimum absolute atomic E-state index is 0.0650. The van der Waals surface area contributed by atoms with E-state index in [1.807, 2.05) is 36.3 Å². The van der Waals surface area contributed by atoms with Crippen LogP contribution in [-0.2, 0) is 4.74 Å². The molecule has 0 spiro atoms. The monoisotopic (exact) mass is 272 g/mol. The molecule has 1 amide bonds. The molecule has 1 aromatic rings. The molecule has 1 atom stereocenters. The molecule has 0 heterocycles. The average Bonchev–Trinajstić information content (AvgIpc) is 2.44. The molecule has 0 aliphatic carbocycles. The molecule has 0 bridgehead atoms. The molecule has 0 aromatic heterocycles. The van der Waals surface area contributed by atoms with Crippen LogP contribution in [0.2, 0.25) is 0 Å². The van der Waals surface area contributed by atoms with Crippen LogP contribution in [0, 0.1) is 17.8 Å². The van der Waals surface area contributed by atoms with Gasteiger partial charge >= 0.3 is 6.09 Å². The molecule has 104 valence electrons. The average molecular weight is 272 g/mol. The van der Waals surface area contributed by atoms with Gasteiger partial charge in [0.1, 0.15) is 11.8 Å². The lowest BCUT2D eigenvalue weighted by Crippen LogP contribution is -2.29. The molecular formula is C15H16N2O3. The summed E-state index contributed by atoms with van der Waals surface area (Å²) in [5.41, 5.74) is 0.628. The van der Waals surface area contributed by atoms with Crippen LogP contribution in [-0.4, -0.2) is 16.9 Å². The summed E-state index contributed by atoms with van der Waals surface area (Å²) in [6.45, 7) is 3.11. The van der Waals surface area contributed by atoms with Crippen LogP contribution in [0.1, 0.15) is 25.5 Å². The predicted molar refractivity (Wildman–Crippen MR) is 76.4 cm³/mol. The van der Waals surface area contributed by atoms with Crippen LogP contribution in [0.5, 0.6) is 0 Å². The van der Waals surface area contributed by atoms with E-state index in [0.29, 0.717) is 0 Å². The van der Waals surface area contributed by atoms with Crippen molar-refractivity contribution in [2.75, 3.05) is 0 Å². The topological polar surface area (TPSA) is 82.4 Å². The molecule has 1 rings (SSSR count). The van der Waals surface area contributed by atoms with Crippen molar-refractivity contribution in [3.8, 4) is 12.3 Å². The van der Waals surface area contributed by atoms with Crippen LogP contribution in [0.3, 0.4) is 0 Å². The van der Waals surface area contributed by atoms with E-state index in [9.17, 15) is 9.90 Å². The number of carbonyl (C=O) groups excluding carboxylic acids is 1. The van der Waals surface area contributed by atoms with Gasteiger partial charge in [-0.05, 0) is 25.3 Å². The molecule has 0 unspecified atom stereocenters.